The zero-order valence-corrected chi connectivity index (χ0v) is 14.8. The third kappa shape index (κ3) is 3.02. The van der Waals surface area contributed by atoms with Gasteiger partial charge in [-0.25, -0.2) is 17.6 Å². The van der Waals surface area contributed by atoms with Crippen molar-refractivity contribution in [1.29, 1.82) is 0 Å². The lowest BCUT2D eigenvalue weighted by Gasteiger charge is -2.29. The minimum absolute atomic E-state index is 0.00377. The SMILES string of the molecule is O=C(O)c1c(NS(=O)(=O)c2ccccc2F)ccc2c1OC[C@@H]1OCC[C@H]21. The summed E-state index contributed by atoms with van der Waals surface area (Å²) in [6, 6.07) is 7.86. The first-order valence-corrected chi connectivity index (χ1v) is 9.79. The van der Waals surface area contributed by atoms with E-state index >= 15 is 0 Å². The molecule has 142 valence electrons. The number of aromatic carboxylic acids is 1. The Morgan fingerprint density at radius 3 is 2.74 bits per heavy atom. The fraction of sp³-hybridized carbons (Fsp3) is 0.278. The van der Waals surface area contributed by atoms with Gasteiger partial charge < -0.3 is 14.6 Å². The van der Waals surface area contributed by atoms with Crippen molar-refractivity contribution in [1.82, 2.24) is 0 Å². The molecule has 2 atom stereocenters. The van der Waals surface area contributed by atoms with Gasteiger partial charge in [-0.3, -0.25) is 4.72 Å². The molecule has 0 aromatic heterocycles. The molecule has 0 unspecified atom stereocenters. The van der Waals surface area contributed by atoms with Gasteiger partial charge in [0.2, 0.25) is 0 Å². The van der Waals surface area contributed by atoms with Crippen LogP contribution in [-0.2, 0) is 14.8 Å². The third-order valence-corrected chi connectivity index (χ3v) is 6.17. The van der Waals surface area contributed by atoms with Crippen LogP contribution in [0.25, 0.3) is 0 Å². The number of benzene rings is 2. The van der Waals surface area contributed by atoms with Crippen LogP contribution in [-0.4, -0.2) is 38.8 Å². The number of anilines is 1. The quantitative estimate of drug-likeness (QED) is 0.828. The zero-order chi connectivity index (χ0) is 19.2. The Labute approximate surface area is 154 Å². The van der Waals surface area contributed by atoms with Crippen molar-refractivity contribution in [3.63, 3.8) is 0 Å². The second-order valence-electron chi connectivity index (χ2n) is 6.36. The number of carboxylic acids is 1. The summed E-state index contributed by atoms with van der Waals surface area (Å²) < 4.78 is 52.3. The lowest BCUT2D eigenvalue weighted by Crippen LogP contribution is -2.29. The first kappa shape index (κ1) is 17.7. The highest BCUT2D eigenvalue weighted by Gasteiger charge is 2.38. The van der Waals surface area contributed by atoms with Crippen LogP contribution in [0.1, 0.15) is 28.3 Å². The maximum Gasteiger partial charge on any atom is 0.341 e. The standard InChI is InChI=1S/C18H16FNO6S/c19-12-3-1-2-4-15(12)27(23,24)20-13-6-5-11-10-7-8-25-14(10)9-26-17(11)16(13)18(21)22/h1-6,10,14,20H,7-9H2,(H,21,22)/t10-,14+/m1/s1. The van der Waals surface area contributed by atoms with E-state index in [1.54, 1.807) is 6.07 Å². The van der Waals surface area contributed by atoms with E-state index in [9.17, 15) is 22.7 Å². The predicted molar refractivity (Wildman–Crippen MR) is 93.2 cm³/mol. The second kappa shape index (κ2) is 6.50. The van der Waals surface area contributed by atoms with Gasteiger partial charge in [-0.05, 0) is 24.6 Å². The summed E-state index contributed by atoms with van der Waals surface area (Å²) in [5, 5.41) is 9.66. The van der Waals surface area contributed by atoms with E-state index in [0.29, 0.717) is 12.2 Å². The molecule has 2 aliphatic heterocycles. The monoisotopic (exact) mass is 393 g/mol. The minimum atomic E-state index is -4.31. The minimum Gasteiger partial charge on any atom is -0.490 e. The summed E-state index contributed by atoms with van der Waals surface area (Å²) in [4.78, 5) is 11.3. The molecule has 9 heteroatoms. The molecule has 0 bridgehead atoms. The van der Waals surface area contributed by atoms with Crippen molar-refractivity contribution >= 4 is 21.7 Å². The highest BCUT2D eigenvalue weighted by molar-refractivity contribution is 7.92. The van der Waals surface area contributed by atoms with Gasteiger partial charge in [-0.15, -0.1) is 0 Å². The average molecular weight is 393 g/mol. The van der Waals surface area contributed by atoms with Crippen molar-refractivity contribution in [2.75, 3.05) is 17.9 Å². The topological polar surface area (TPSA) is 102 Å². The van der Waals surface area contributed by atoms with E-state index < -0.39 is 26.7 Å². The molecule has 0 saturated carbocycles. The molecule has 27 heavy (non-hydrogen) atoms. The first-order chi connectivity index (χ1) is 12.9. The van der Waals surface area contributed by atoms with Crippen LogP contribution >= 0.6 is 0 Å². The molecule has 0 spiro atoms. The van der Waals surface area contributed by atoms with E-state index in [1.807, 2.05) is 0 Å². The number of ether oxygens (including phenoxy) is 2. The largest absolute Gasteiger partial charge is 0.490 e. The molecule has 4 rings (SSSR count). The Balaban J connectivity index is 1.78. The maximum atomic E-state index is 13.9. The third-order valence-electron chi connectivity index (χ3n) is 4.77. The van der Waals surface area contributed by atoms with Gasteiger partial charge in [0.25, 0.3) is 10.0 Å². The fourth-order valence-electron chi connectivity index (χ4n) is 3.54. The van der Waals surface area contributed by atoms with Gasteiger partial charge in [0, 0.05) is 18.1 Å². The number of fused-ring (bicyclic) bond motifs is 3. The maximum absolute atomic E-state index is 13.9. The lowest BCUT2D eigenvalue weighted by atomic mass is 9.88. The van der Waals surface area contributed by atoms with Crippen LogP contribution in [0.15, 0.2) is 41.3 Å². The summed E-state index contributed by atoms with van der Waals surface area (Å²) >= 11 is 0. The van der Waals surface area contributed by atoms with Gasteiger partial charge >= 0.3 is 5.97 Å². The highest BCUT2D eigenvalue weighted by atomic mass is 32.2. The van der Waals surface area contributed by atoms with Crippen molar-refractivity contribution in [3.05, 3.63) is 53.3 Å². The zero-order valence-electron chi connectivity index (χ0n) is 14.0. The number of nitrogens with one attached hydrogen (secondary N) is 1. The molecule has 7 nitrogen and oxygen atoms in total. The van der Waals surface area contributed by atoms with Gasteiger partial charge in [0.1, 0.15) is 28.6 Å². The average Bonchev–Trinajstić information content (AvgIpc) is 3.10. The van der Waals surface area contributed by atoms with Crippen LogP contribution in [0.5, 0.6) is 5.75 Å². The fourth-order valence-corrected chi connectivity index (χ4v) is 4.69. The van der Waals surface area contributed by atoms with Crippen LogP contribution in [0, 0.1) is 5.82 Å². The van der Waals surface area contributed by atoms with Gasteiger partial charge in [-0.1, -0.05) is 18.2 Å². The van der Waals surface area contributed by atoms with Crippen molar-refractivity contribution < 1.29 is 32.2 Å². The van der Waals surface area contributed by atoms with Crippen molar-refractivity contribution in [2.45, 2.75) is 23.3 Å². The molecule has 0 amide bonds. The summed E-state index contributed by atoms with van der Waals surface area (Å²) in [6.07, 6.45) is 0.598. The van der Waals surface area contributed by atoms with Gasteiger partial charge in [0.15, 0.2) is 0 Å². The Morgan fingerprint density at radius 2 is 2.00 bits per heavy atom. The predicted octanol–water partition coefficient (Wildman–Crippen LogP) is 2.59. The number of carbonyl (C=O) groups is 1. The Kier molecular flexibility index (Phi) is 4.27. The molecule has 0 aliphatic carbocycles. The van der Waals surface area contributed by atoms with E-state index in [1.165, 1.54) is 18.2 Å². The molecular formula is C18H16FNO6S. The number of hydrogen-bond donors (Lipinski definition) is 2. The molecule has 2 aromatic rings. The Hall–Kier alpha value is -2.65. The van der Waals surface area contributed by atoms with E-state index in [0.717, 1.165) is 18.6 Å². The number of sulfonamides is 1. The molecule has 1 fully saturated rings. The summed E-state index contributed by atoms with van der Waals surface area (Å²) in [5.41, 5.74) is 0.203. The summed E-state index contributed by atoms with van der Waals surface area (Å²) in [5.74, 6) is -2.13. The lowest BCUT2D eigenvalue weighted by molar-refractivity contribution is 0.0484. The summed E-state index contributed by atoms with van der Waals surface area (Å²) in [6.45, 7) is 0.754. The molecule has 2 aliphatic rings. The Bertz CT molecular complexity index is 1020. The van der Waals surface area contributed by atoms with Crippen LogP contribution in [0.4, 0.5) is 10.1 Å². The van der Waals surface area contributed by atoms with Gasteiger partial charge in [-0.2, -0.15) is 0 Å². The smallest absolute Gasteiger partial charge is 0.341 e. The van der Waals surface area contributed by atoms with Crippen LogP contribution in [0.3, 0.4) is 0 Å². The highest BCUT2D eigenvalue weighted by Crippen LogP contribution is 2.44. The number of carboxylic acid groups (broad SMARTS) is 1. The number of rotatable bonds is 4. The Morgan fingerprint density at radius 1 is 1.22 bits per heavy atom. The van der Waals surface area contributed by atoms with Crippen LogP contribution in [0.2, 0.25) is 0 Å². The van der Waals surface area contributed by atoms with E-state index in [-0.39, 0.29) is 35.6 Å². The molecule has 2 heterocycles. The van der Waals surface area contributed by atoms with Crippen LogP contribution < -0.4 is 9.46 Å². The van der Waals surface area contributed by atoms with E-state index in [2.05, 4.69) is 4.72 Å². The summed E-state index contributed by atoms with van der Waals surface area (Å²) in [7, 11) is -4.31. The number of halogens is 1. The second-order valence-corrected chi connectivity index (χ2v) is 8.01. The molecule has 2 N–H and O–H groups in total. The molecule has 0 radical (unpaired) electrons. The van der Waals surface area contributed by atoms with Crippen molar-refractivity contribution in [2.24, 2.45) is 0 Å². The van der Waals surface area contributed by atoms with Gasteiger partial charge in [0.05, 0.1) is 11.8 Å². The first-order valence-electron chi connectivity index (χ1n) is 8.30. The normalized spacial score (nSPS) is 21.1. The van der Waals surface area contributed by atoms with E-state index in [4.69, 9.17) is 9.47 Å². The molecular weight excluding hydrogens is 377 g/mol. The molecule has 1 saturated heterocycles. The number of hydrogen-bond acceptors (Lipinski definition) is 5. The molecule has 2 aromatic carbocycles. The van der Waals surface area contributed by atoms with Crippen molar-refractivity contribution in [3.8, 4) is 5.75 Å².